The highest BCUT2D eigenvalue weighted by atomic mass is 35.5. The van der Waals surface area contributed by atoms with Crippen molar-refractivity contribution in [3.63, 3.8) is 0 Å². The van der Waals surface area contributed by atoms with Crippen LogP contribution in [0.1, 0.15) is 16.1 Å². The van der Waals surface area contributed by atoms with E-state index >= 15 is 0 Å². The van der Waals surface area contributed by atoms with Gasteiger partial charge < -0.3 is 4.90 Å². The summed E-state index contributed by atoms with van der Waals surface area (Å²) >= 11 is 18.6. The molecule has 7 heteroatoms. The van der Waals surface area contributed by atoms with Crippen LogP contribution in [0.4, 0.5) is 0 Å². The van der Waals surface area contributed by atoms with Crippen molar-refractivity contribution in [1.82, 2.24) is 14.5 Å². The Labute approximate surface area is 195 Å². The number of imidazole rings is 1. The summed E-state index contributed by atoms with van der Waals surface area (Å²) < 4.78 is 1.83. The van der Waals surface area contributed by atoms with Gasteiger partial charge in [0.1, 0.15) is 11.5 Å². The molecule has 0 atom stereocenters. The second kappa shape index (κ2) is 9.15. The first-order valence-corrected chi connectivity index (χ1v) is 10.7. The van der Waals surface area contributed by atoms with Crippen molar-refractivity contribution < 1.29 is 4.79 Å². The lowest BCUT2D eigenvalue weighted by atomic mass is 10.2. The van der Waals surface area contributed by atoms with Crippen molar-refractivity contribution in [2.75, 3.05) is 7.05 Å². The average Bonchev–Trinajstić information content (AvgIpc) is 3.19. The molecule has 0 aliphatic heterocycles. The van der Waals surface area contributed by atoms with E-state index in [-0.39, 0.29) is 5.91 Å². The molecule has 4 rings (SSSR count). The zero-order valence-corrected chi connectivity index (χ0v) is 18.9. The van der Waals surface area contributed by atoms with Crippen LogP contribution in [0.25, 0.3) is 17.1 Å². The van der Waals surface area contributed by atoms with E-state index in [0.717, 1.165) is 11.3 Å². The van der Waals surface area contributed by atoms with Gasteiger partial charge >= 0.3 is 0 Å². The Morgan fingerprint density at radius 3 is 2.29 bits per heavy atom. The molecule has 0 saturated carbocycles. The van der Waals surface area contributed by atoms with E-state index in [1.807, 2.05) is 47.0 Å². The Morgan fingerprint density at radius 1 is 0.935 bits per heavy atom. The van der Waals surface area contributed by atoms with Gasteiger partial charge in [0.05, 0.1) is 5.02 Å². The molecular formula is C24H18Cl3N3O. The molecule has 1 aromatic heterocycles. The molecule has 3 aromatic carbocycles. The van der Waals surface area contributed by atoms with Crippen LogP contribution < -0.4 is 0 Å². The fourth-order valence-corrected chi connectivity index (χ4v) is 3.89. The Morgan fingerprint density at radius 2 is 1.61 bits per heavy atom. The molecule has 1 heterocycles. The van der Waals surface area contributed by atoms with Crippen LogP contribution in [0.15, 0.2) is 79.0 Å². The molecule has 0 N–H and O–H groups in total. The third-order valence-electron chi connectivity index (χ3n) is 4.81. The first-order valence-electron chi connectivity index (χ1n) is 9.52. The van der Waals surface area contributed by atoms with Gasteiger partial charge in [-0.2, -0.15) is 0 Å². The average molecular weight is 471 g/mol. The first kappa shape index (κ1) is 21.4. The van der Waals surface area contributed by atoms with Gasteiger partial charge in [0, 0.05) is 41.1 Å². The van der Waals surface area contributed by atoms with Gasteiger partial charge in [-0.3, -0.25) is 9.36 Å². The summed E-state index contributed by atoms with van der Waals surface area (Å²) in [5.74, 6) is 0.350. The number of hydrogen-bond acceptors (Lipinski definition) is 2. The topological polar surface area (TPSA) is 38.1 Å². The minimum absolute atomic E-state index is 0.192. The predicted octanol–water partition coefficient (Wildman–Crippen LogP) is 6.77. The third kappa shape index (κ3) is 4.77. The quantitative estimate of drug-likeness (QED) is 0.323. The number of rotatable bonds is 5. The fraction of sp³-hybridized carbons (Fsp3) is 0.0833. The second-order valence-corrected chi connectivity index (χ2v) is 8.35. The number of nitrogens with zero attached hydrogens (tertiary/aromatic N) is 3. The van der Waals surface area contributed by atoms with Gasteiger partial charge in [0.25, 0.3) is 5.91 Å². The van der Waals surface area contributed by atoms with Crippen LogP contribution in [0.5, 0.6) is 0 Å². The fourth-order valence-electron chi connectivity index (χ4n) is 3.27. The highest BCUT2D eigenvalue weighted by Gasteiger charge is 2.21. The molecule has 1 amide bonds. The van der Waals surface area contributed by atoms with Gasteiger partial charge in [0.15, 0.2) is 0 Å². The van der Waals surface area contributed by atoms with E-state index in [9.17, 15) is 4.79 Å². The van der Waals surface area contributed by atoms with Gasteiger partial charge in [-0.05, 0) is 48.0 Å². The van der Waals surface area contributed by atoms with Crippen molar-refractivity contribution in [2.24, 2.45) is 0 Å². The van der Waals surface area contributed by atoms with Crippen LogP contribution in [0.2, 0.25) is 15.1 Å². The maximum atomic E-state index is 13.1. The lowest BCUT2D eigenvalue weighted by Gasteiger charge is -2.15. The van der Waals surface area contributed by atoms with E-state index in [1.54, 1.807) is 48.5 Å². The molecule has 0 saturated heterocycles. The molecule has 4 aromatic rings. The molecule has 156 valence electrons. The summed E-state index contributed by atoms with van der Waals surface area (Å²) in [6.45, 7) is 0.477. The van der Waals surface area contributed by atoms with Crippen LogP contribution in [-0.2, 0) is 6.54 Å². The molecule has 0 aliphatic carbocycles. The number of halogens is 3. The van der Waals surface area contributed by atoms with Crippen molar-refractivity contribution in [1.29, 1.82) is 0 Å². The highest BCUT2D eigenvalue weighted by Crippen LogP contribution is 2.32. The number of carbonyl (C=O) groups excluding carboxylic acids is 1. The number of carbonyl (C=O) groups is 1. The van der Waals surface area contributed by atoms with Gasteiger partial charge in [-0.25, -0.2) is 4.98 Å². The lowest BCUT2D eigenvalue weighted by molar-refractivity contribution is 0.0780. The first-order chi connectivity index (χ1) is 14.9. The second-order valence-electron chi connectivity index (χ2n) is 7.07. The van der Waals surface area contributed by atoms with Crippen molar-refractivity contribution in [3.8, 4) is 17.1 Å². The molecule has 0 unspecified atom stereocenters. The Kier molecular flexibility index (Phi) is 6.33. The number of amides is 1. The summed E-state index contributed by atoms with van der Waals surface area (Å²) in [7, 11) is 1.76. The van der Waals surface area contributed by atoms with Crippen molar-refractivity contribution in [3.05, 3.63) is 105 Å². The molecule has 4 nitrogen and oxygen atoms in total. The Bertz CT molecular complexity index is 1220. The van der Waals surface area contributed by atoms with E-state index in [0.29, 0.717) is 38.7 Å². The maximum absolute atomic E-state index is 13.1. The predicted molar refractivity (Wildman–Crippen MR) is 126 cm³/mol. The molecule has 0 spiro atoms. The maximum Gasteiger partial charge on any atom is 0.274 e. The van der Waals surface area contributed by atoms with E-state index in [4.69, 9.17) is 34.8 Å². The van der Waals surface area contributed by atoms with E-state index < -0.39 is 0 Å². The highest BCUT2D eigenvalue weighted by molar-refractivity contribution is 6.36. The molecule has 0 bridgehead atoms. The molecule has 0 radical (unpaired) electrons. The summed E-state index contributed by atoms with van der Waals surface area (Å²) in [4.78, 5) is 19.4. The van der Waals surface area contributed by atoms with Gasteiger partial charge in [-0.1, -0.05) is 65.1 Å². The smallest absolute Gasteiger partial charge is 0.274 e. The largest absolute Gasteiger partial charge is 0.336 e. The molecular weight excluding hydrogens is 453 g/mol. The molecule has 0 fully saturated rings. The van der Waals surface area contributed by atoms with Crippen LogP contribution in [0, 0.1) is 0 Å². The third-order valence-corrected chi connectivity index (χ3v) is 5.61. The van der Waals surface area contributed by atoms with E-state index in [2.05, 4.69) is 4.98 Å². The monoisotopic (exact) mass is 469 g/mol. The van der Waals surface area contributed by atoms with Crippen LogP contribution in [-0.4, -0.2) is 27.4 Å². The van der Waals surface area contributed by atoms with Crippen molar-refractivity contribution in [2.45, 2.75) is 6.54 Å². The minimum Gasteiger partial charge on any atom is -0.336 e. The minimum atomic E-state index is -0.192. The van der Waals surface area contributed by atoms with Crippen molar-refractivity contribution >= 4 is 40.7 Å². The Balaban J connectivity index is 1.75. The van der Waals surface area contributed by atoms with Gasteiger partial charge in [-0.15, -0.1) is 0 Å². The van der Waals surface area contributed by atoms with E-state index in [1.165, 1.54) is 0 Å². The lowest BCUT2D eigenvalue weighted by Crippen LogP contribution is -2.26. The summed E-state index contributed by atoms with van der Waals surface area (Å²) in [5.41, 5.74) is 2.83. The Hall–Kier alpha value is -2.79. The summed E-state index contributed by atoms with van der Waals surface area (Å²) in [5, 5.41) is 1.59. The standard InChI is InChI=1S/C24H18Cl3N3O/c1-29(14-16-5-3-2-4-6-16)24(31)22-15-30(19-10-7-17(25)8-11-19)23(28-22)20-12-9-18(26)13-21(20)27/h2-13,15H,14H2,1H3. The number of hydrogen-bond donors (Lipinski definition) is 0. The summed E-state index contributed by atoms with van der Waals surface area (Å²) in [6.07, 6.45) is 1.72. The zero-order chi connectivity index (χ0) is 22.0. The molecule has 0 aliphatic rings. The SMILES string of the molecule is CN(Cc1ccccc1)C(=O)c1cn(-c2ccc(Cl)cc2)c(-c2ccc(Cl)cc2Cl)n1. The van der Waals surface area contributed by atoms with Crippen LogP contribution >= 0.6 is 34.8 Å². The number of benzene rings is 3. The zero-order valence-electron chi connectivity index (χ0n) is 16.6. The van der Waals surface area contributed by atoms with Crippen LogP contribution in [0.3, 0.4) is 0 Å². The number of aromatic nitrogens is 2. The van der Waals surface area contributed by atoms with Gasteiger partial charge in [0.2, 0.25) is 0 Å². The normalized spacial score (nSPS) is 10.8. The summed E-state index contributed by atoms with van der Waals surface area (Å²) in [6, 6.07) is 22.3. The molecule has 31 heavy (non-hydrogen) atoms.